The fourth-order valence-corrected chi connectivity index (χ4v) is 1.81. The Bertz CT molecular complexity index is 500. The van der Waals surface area contributed by atoms with Crippen molar-refractivity contribution in [3.63, 3.8) is 0 Å². The summed E-state index contributed by atoms with van der Waals surface area (Å²) in [5.74, 6) is 0.715. The molecule has 0 saturated heterocycles. The molecule has 16 heavy (non-hydrogen) atoms. The van der Waals surface area contributed by atoms with E-state index in [0.717, 1.165) is 10.2 Å². The minimum Gasteiger partial charge on any atom is -0.339 e. The lowest BCUT2D eigenvalue weighted by molar-refractivity contribution is 1.31. The molecular formula is C11H7BrCl2N2. The van der Waals surface area contributed by atoms with Gasteiger partial charge in [-0.2, -0.15) is 0 Å². The van der Waals surface area contributed by atoms with Gasteiger partial charge in [-0.1, -0.05) is 23.2 Å². The van der Waals surface area contributed by atoms with Crippen LogP contribution in [0.4, 0.5) is 11.5 Å². The Balaban J connectivity index is 2.26. The summed E-state index contributed by atoms with van der Waals surface area (Å²) in [7, 11) is 0. The van der Waals surface area contributed by atoms with E-state index in [1.807, 2.05) is 18.2 Å². The van der Waals surface area contributed by atoms with E-state index in [2.05, 4.69) is 26.2 Å². The van der Waals surface area contributed by atoms with Crippen LogP contribution in [-0.2, 0) is 0 Å². The molecule has 1 aromatic heterocycles. The van der Waals surface area contributed by atoms with E-state index in [-0.39, 0.29) is 0 Å². The van der Waals surface area contributed by atoms with Crippen molar-refractivity contribution in [2.24, 2.45) is 0 Å². The second-order valence-corrected chi connectivity index (χ2v) is 4.84. The molecule has 0 bridgehead atoms. The molecule has 2 aromatic rings. The lowest BCUT2D eigenvalue weighted by Gasteiger charge is -2.07. The zero-order valence-electron chi connectivity index (χ0n) is 8.05. The van der Waals surface area contributed by atoms with Crippen molar-refractivity contribution in [2.75, 3.05) is 5.32 Å². The number of halogens is 3. The number of aromatic nitrogens is 1. The summed E-state index contributed by atoms with van der Waals surface area (Å²) in [6.07, 6.45) is 1.59. The third-order valence-corrected chi connectivity index (χ3v) is 3.07. The molecule has 0 spiro atoms. The highest BCUT2D eigenvalue weighted by molar-refractivity contribution is 9.10. The Labute approximate surface area is 112 Å². The summed E-state index contributed by atoms with van der Waals surface area (Å²) < 4.78 is 0.925. The van der Waals surface area contributed by atoms with E-state index in [1.165, 1.54) is 0 Å². The van der Waals surface area contributed by atoms with E-state index in [4.69, 9.17) is 23.2 Å². The molecule has 0 aliphatic carbocycles. The van der Waals surface area contributed by atoms with Crippen molar-refractivity contribution < 1.29 is 0 Å². The summed E-state index contributed by atoms with van der Waals surface area (Å²) in [6.45, 7) is 0. The summed E-state index contributed by atoms with van der Waals surface area (Å²) >= 11 is 15.1. The Hall–Kier alpha value is -0.770. The van der Waals surface area contributed by atoms with Gasteiger partial charge in [0.1, 0.15) is 5.82 Å². The van der Waals surface area contributed by atoms with Gasteiger partial charge in [0.05, 0.1) is 10.7 Å². The topological polar surface area (TPSA) is 24.9 Å². The highest BCUT2D eigenvalue weighted by atomic mass is 79.9. The van der Waals surface area contributed by atoms with Crippen molar-refractivity contribution >= 4 is 50.6 Å². The number of nitrogens with zero attached hydrogens (tertiary/aromatic N) is 1. The van der Waals surface area contributed by atoms with Crippen LogP contribution in [0.15, 0.2) is 41.0 Å². The van der Waals surface area contributed by atoms with Gasteiger partial charge in [-0.25, -0.2) is 4.98 Å². The first-order valence-corrected chi connectivity index (χ1v) is 6.04. The van der Waals surface area contributed by atoms with Crippen LogP contribution in [0.25, 0.3) is 0 Å². The summed E-state index contributed by atoms with van der Waals surface area (Å²) in [5.41, 5.74) is 0.863. The molecule has 1 aromatic carbocycles. The van der Waals surface area contributed by atoms with Crippen LogP contribution in [0, 0.1) is 0 Å². The maximum Gasteiger partial charge on any atom is 0.130 e. The van der Waals surface area contributed by atoms with E-state index in [0.29, 0.717) is 15.9 Å². The molecule has 0 unspecified atom stereocenters. The van der Waals surface area contributed by atoms with Crippen LogP contribution in [0.2, 0.25) is 10.0 Å². The number of hydrogen-bond acceptors (Lipinski definition) is 2. The van der Waals surface area contributed by atoms with Crippen molar-refractivity contribution in [1.29, 1.82) is 0 Å². The van der Waals surface area contributed by atoms with Gasteiger partial charge in [-0.3, -0.25) is 0 Å². The van der Waals surface area contributed by atoms with Gasteiger partial charge in [-0.05, 0) is 46.3 Å². The summed E-state index contributed by atoms with van der Waals surface area (Å²) in [5, 5.41) is 4.41. The molecule has 0 amide bonds. The molecule has 0 atom stereocenters. The first-order chi connectivity index (χ1) is 7.65. The third kappa shape index (κ3) is 2.88. The van der Waals surface area contributed by atoms with Crippen molar-refractivity contribution in [1.82, 2.24) is 4.98 Å². The lowest BCUT2D eigenvalue weighted by Crippen LogP contribution is -1.93. The SMILES string of the molecule is Clc1ccc(Nc2cc(Cl)ccc2Br)nc1. The standard InChI is InChI=1S/C11H7BrCl2N2/c12-9-3-1-7(13)5-10(9)16-11-4-2-8(14)6-15-11/h1-6H,(H,15,16). The number of rotatable bonds is 2. The predicted molar refractivity (Wildman–Crippen MR) is 71.7 cm³/mol. The normalized spacial score (nSPS) is 10.2. The molecular weight excluding hydrogens is 311 g/mol. The first kappa shape index (κ1) is 11.7. The number of benzene rings is 1. The minimum absolute atomic E-state index is 0.607. The largest absolute Gasteiger partial charge is 0.339 e. The fourth-order valence-electron chi connectivity index (χ4n) is 1.18. The molecule has 0 radical (unpaired) electrons. The molecule has 1 heterocycles. The van der Waals surface area contributed by atoms with Crippen LogP contribution in [0.1, 0.15) is 0 Å². The number of anilines is 2. The molecule has 0 fully saturated rings. The zero-order valence-corrected chi connectivity index (χ0v) is 11.1. The van der Waals surface area contributed by atoms with Crippen LogP contribution in [-0.4, -0.2) is 4.98 Å². The molecule has 2 nitrogen and oxygen atoms in total. The molecule has 82 valence electrons. The van der Waals surface area contributed by atoms with Crippen molar-refractivity contribution in [3.05, 3.63) is 51.0 Å². The van der Waals surface area contributed by atoms with Crippen LogP contribution in [0.5, 0.6) is 0 Å². The van der Waals surface area contributed by atoms with Crippen molar-refractivity contribution in [3.8, 4) is 0 Å². The van der Waals surface area contributed by atoms with Gasteiger partial charge in [-0.15, -0.1) is 0 Å². The van der Waals surface area contributed by atoms with Crippen LogP contribution in [0.3, 0.4) is 0 Å². The minimum atomic E-state index is 0.607. The smallest absolute Gasteiger partial charge is 0.130 e. The Morgan fingerprint density at radius 2 is 1.81 bits per heavy atom. The molecule has 0 aliphatic heterocycles. The van der Waals surface area contributed by atoms with E-state index >= 15 is 0 Å². The maximum atomic E-state index is 5.91. The quantitative estimate of drug-likeness (QED) is 0.852. The monoisotopic (exact) mass is 316 g/mol. The van der Waals surface area contributed by atoms with E-state index in [9.17, 15) is 0 Å². The predicted octanol–water partition coefficient (Wildman–Crippen LogP) is 4.89. The highest BCUT2D eigenvalue weighted by Gasteiger charge is 2.02. The van der Waals surface area contributed by atoms with Gasteiger partial charge in [0.25, 0.3) is 0 Å². The van der Waals surface area contributed by atoms with Gasteiger partial charge in [0, 0.05) is 15.7 Å². The van der Waals surface area contributed by atoms with Crippen molar-refractivity contribution in [2.45, 2.75) is 0 Å². The Morgan fingerprint density at radius 1 is 1.06 bits per heavy atom. The average molecular weight is 318 g/mol. The van der Waals surface area contributed by atoms with Gasteiger partial charge >= 0.3 is 0 Å². The van der Waals surface area contributed by atoms with E-state index < -0.39 is 0 Å². The van der Waals surface area contributed by atoms with Crippen LogP contribution < -0.4 is 5.32 Å². The number of nitrogens with one attached hydrogen (secondary N) is 1. The molecule has 0 saturated carbocycles. The number of pyridine rings is 1. The fraction of sp³-hybridized carbons (Fsp3) is 0. The van der Waals surface area contributed by atoms with Crippen LogP contribution >= 0.6 is 39.1 Å². The van der Waals surface area contributed by atoms with Gasteiger partial charge < -0.3 is 5.32 Å². The lowest BCUT2D eigenvalue weighted by atomic mass is 10.3. The number of hydrogen-bond donors (Lipinski definition) is 1. The maximum absolute atomic E-state index is 5.91. The average Bonchev–Trinajstić information content (AvgIpc) is 2.27. The zero-order chi connectivity index (χ0) is 11.5. The Morgan fingerprint density at radius 3 is 2.50 bits per heavy atom. The summed E-state index contributed by atoms with van der Waals surface area (Å²) in [4.78, 5) is 4.14. The summed E-state index contributed by atoms with van der Waals surface area (Å²) in [6, 6.07) is 9.08. The molecule has 2 rings (SSSR count). The Kier molecular flexibility index (Phi) is 3.69. The van der Waals surface area contributed by atoms with Gasteiger partial charge in [0.2, 0.25) is 0 Å². The second kappa shape index (κ2) is 5.04. The van der Waals surface area contributed by atoms with E-state index in [1.54, 1.807) is 18.3 Å². The molecule has 5 heteroatoms. The first-order valence-electron chi connectivity index (χ1n) is 4.49. The molecule has 0 aliphatic rings. The highest BCUT2D eigenvalue weighted by Crippen LogP contribution is 2.28. The third-order valence-electron chi connectivity index (χ3n) is 1.92. The second-order valence-electron chi connectivity index (χ2n) is 3.11. The molecule has 1 N–H and O–H groups in total. The van der Waals surface area contributed by atoms with Gasteiger partial charge in [0.15, 0.2) is 0 Å².